The molecule has 0 aliphatic carbocycles. The lowest BCUT2D eigenvalue weighted by Gasteiger charge is -2.31. The number of carbonyl (C=O) groups is 2. The summed E-state index contributed by atoms with van der Waals surface area (Å²) in [6.45, 7) is 1.96. The molecule has 0 bridgehead atoms. The Morgan fingerprint density at radius 3 is 2.69 bits per heavy atom. The summed E-state index contributed by atoms with van der Waals surface area (Å²) in [7, 11) is 0. The number of carboxylic acid groups (broad SMARTS) is 1. The van der Waals surface area contributed by atoms with Crippen LogP contribution in [0.1, 0.15) is 25.7 Å². The third-order valence-electron chi connectivity index (χ3n) is 3.40. The van der Waals surface area contributed by atoms with Gasteiger partial charge in [0.2, 0.25) is 5.91 Å². The first-order valence-electron chi connectivity index (χ1n) is 5.76. The molecule has 90 valence electrons. The summed E-state index contributed by atoms with van der Waals surface area (Å²) in [6.07, 6.45) is 2.54. The molecule has 2 aliphatic rings. The Labute approximate surface area is 94.4 Å². The highest BCUT2D eigenvalue weighted by molar-refractivity contribution is 5.86. The van der Waals surface area contributed by atoms with E-state index in [4.69, 9.17) is 4.74 Å². The first kappa shape index (κ1) is 11.4. The Hall–Kier alpha value is -1.10. The second kappa shape index (κ2) is 4.82. The van der Waals surface area contributed by atoms with E-state index in [9.17, 15) is 14.7 Å². The van der Waals surface area contributed by atoms with Crippen molar-refractivity contribution in [3.05, 3.63) is 0 Å². The molecule has 1 amide bonds. The number of likely N-dealkylation sites (tertiary alicyclic amines) is 1. The van der Waals surface area contributed by atoms with Crippen LogP contribution in [0.15, 0.2) is 0 Å². The summed E-state index contributed by atoms with van der Waals surface area (Å²) in [5.41, 5.74) is 0. The monoisotopic (exact) mass is 226 g/mol. The van der Waals surface area contributed by atoms with E-state index in [1.807, 2.05) is 0 Å². The summed E-state index contributed by atoms with van der Waals surface area (Å²) in [5, 5.41) is 10.9. The van der Waals surface area contributed by atoms with Crippen molar-refractivity contribution in [2.75, 3.05) is 19.8 Å². The van der Waals surface area contributed by atoms with Crippen molar-refractivity contribution in [2.45, 2.75) is 31.7 Å². The molecule has 1 unspecified atom stereocenters. The standard InChI is InChI=1S/C11H17NO4/c13-10-2-1-9(11(14)15)12(10)7-8-3-5-16-6-4-8/h8-9H,1-7H2,(H,14,15)/p-1. The second-order valence-electron chi connectivity index (χ2n) is 4.48. The van der Waals surface area contributed by atoms with Crippen molar-refractivity contribution < 1.29 is 19.4 Å². The van der Waals surface area contributed by atoms with Gasteiger partial charge in [0.25, 0.3) is 0 Å². The van der Waals surface area contributed by atoms with E-state index in [1.165, 1.54) is 4.90 Å². The predicted octanol–water partition coefficient (Wildman–Crippen LogP) is -0.846. The molecule has 0 aromatic carbocycles. The van der Waals surface area contributed by atoms with Crippen LogP contribution >= 0.6 is 0 Å². The fourth-order valence-corrected chi connectivity index (χ4v) is 2.41. The minimum atomic E-state index is -1.13. The van der Waals surface area contributed by atoms with Crippen LogP contribution in [-0.4, -0.2) is 42.6 Å². The summed E-state index contributed by atoms with van der Waals surface area (Å²) >= 11 is 0. The van der Waals surface area contributed by atoms with Crippen LogP contribution in [-0.2, 0) is 14.3 Å². The third kappa shape index (κ3) is 2.35. The summed E-state index contributed by atoms with van der Waals surface area (Å²) < 4.78 is 5.23. The van der Waals surface area contributed by atoms with E-state index in [0.717, 1.165) is 12.8 Å². The van der Waals surface area contributed by atoms with E-state index in [-0.39, 0.29) is 5.91 Å². The number of carbonyl (C=O) groups excluding carboxylic acids is 2. The van der Waals surface area contributed by atoms with Crippen LogP contribution in [0.4, 0.5) is 0 Å². The minimum absolute atomic E-state index is 0.0549. The van der Waals surface area contributed by atoms with Gasteiger partial charge >= 0.3 is 0 Å². The number of hydrogen-bond acceptors (Lipinski definition) is 4. The molecule has 0 N–H and O–H groups in total. The van der Waals surface area contributed by atoms with Gasteiger partial charge in [-0.1, -0.05) is 0 Å². The highest BCUT2D eigenvalue weighted by Gasteiger charge is 2.33. The lowest BCUT2D eigenvalue weighted by Crippen LogP contribution is -2.47. The molecule has 0 saturated carbocycles. The maximum Gasteiger partial charge on any atom is 0.223 e. The molecule has 16 heavy (non-hydrogen) atoms. The molecular formula is C11H16NO4-. The SMILES string of the molecule is O=C([O-])C1CCC(=O)N1CC1CCOCC1. The average molecular weight is 226 g/mol. The van der Waals surface area contributed by atoms with Crippen LogP contribution < -0.4 is 5.11 Å². The lowest BCUT2D eigenvalue weighted by atomic mass is 9.99. The Kier molecular flexibility index (Phi) is 3.43. The molecular weight excluding hydrogens is 210 g/mol. The molecule has 2 aliphatic heterocycles. The summed E-state index contributed by atoms with van der Waals surface area (Å²) in [6, 6.07) is -0.713. The van der Waals surface area contributed by atoms with Crippen LogP contribution in [0.2, 0.25) is 0 Å². The molecule has 5 heteroatoms. The van der Waals surface area contributed by atoms with E-state index in [0.29, 0.717) is 38.5 Å². The molecule has 2 heterocycles. The number of hydrogen-bond donors (Lipinski definition) is 0. The number of ether oxygens (including phenoxy) is 1. The highest BCUT2D eigenvalue weighted by Crippen LogP contribution is 2.23. The van der Waals surface area contributed by atoms with Crippen molar-refractivity contribution in [1.82, 2.24) is 4.90 Å². The molecule has 2 saturated heterocycles. The maximum absolute atomic E-state index is 11.6. The molecule has 0 radical (unpaired) electrons. The van der Waals surface area contributed by atoms with Gasteiger partial charge in [-0.2, -0.15) is 0 Å². The topological polar surface area (TPSA) is 69.7 Å². The number of amides is 1. The second-order valence-corrected chi connectivity index (χ2v) is 4.48. The first-order valence-corrected chi connectivity index (χ1v) is 5.76. The Balaban J connectivity index is 1.95. The molecule has 5 nitrogen and oxygen atoms in total. The maximum atomic E-state index is 11.6. The minimum Gasteiger partial charge on any atom is -0.548 e. The summed E-state index contributed by atoms with van der Waals surface area (Å²) in [4.78, 5) is 23.9. The summed E-state index contributed by atoms with van der Waals surface area (Å²) in [5.74, 6) is -0.809. The van der Waals surface area contributed by atoms with Crippen LogP contribution in [0, 0.1) is 5.92 Å². The number of carboxylic acids is 1. The Bertz CT molecular complexity index is 286. The van der Waals surface area contributed by atoms with Gasteiger partial charge in [0.1, 0.15) is 0 Å². The fourth-order valence-electron chi connectivity index (χ4n) is 2.41. The van der Waals surface area contributed by atoms with E-state index < -0.39 is 12.0 Å². The van der Waals surface area contributed by atoms with Gasteiger partial charge in [-0.25, -0.2) is 0 Å². The van der Waals surface area contributed by atoms with Gasteiger partial charge in [0.15, 0.2) is 0 Å². The van der Waals surface area contributed by atoms with Crippen molar-refractivity contribution in [3.63, 3.8) is 0 Å². The molecule has 0 spiro atoms. The lowest BCUT2D eigenvalue weighted by molar-refractivity contribution is -0.310. The van der Waals surface area contributed by atoms with E-state index in [2.05, 4.69) is 0 Å². The normalized spacial score (nSPS) is 27.4. The zero-order chi connectivity index (χ0) is 11.5. The smallest absolute Gasteiger partial charge is 0.223 e. The van der Waals surface area contributed by atoms with Gasteiger partial charge in [-0.15, -0.1) is 0 Å². The van der Waals surface area contributed by atoms with E-state index >= 15 is 0 Å². The Morgan fingerprint density at radius 1 is 1.38 bits per heavy atom. The molecule has 2 fully saturated rings. The van der Waals surface area contributed by atoms with Gasteiger partial charge in [-0.3, -0.25) is 4.79 Å². The number of aliphatic carboxylic acids is 1. The Morgan fingerprint density at radius 2 is 2.06 bits per heavy atom. The zero-order valence-electron chi connectivity index (χ0n) is 9.18. The fraction of sp³-hybridized carbons (Fsp3) is 0.818. The molecule has 0 aromatic rings. The number of nitrogens with zero attached hydrogens (tertiary/aromatic N) is 1. The first-order chi connectivity index (χ1) is 7.68. The van der Waals surface area contributed by atoms with Crippen LogP contribution in [0.3, 0.4) is 0 Å². The van der Waals surface area contributed by atoms with Crippen LogP contribution in [0.25, 0.3) is 0 Å². The zero-order valence-corrected chi connectivity index (χ0v) is 9.18. The number of rotatable bonds is 3. The van der Waals surface area contributed by atoms with Crippen LogP contribution in [0.5, 0.6) is 0 Å². The van der Waals surface area contributed by atoms with E-state index in [1.54, 1.807) is 0 Å². The largest absolute Gasteiger partial charge is 0.548 e. The van der Waals surface area contributed by atoms with Crippen molar-refractivity contribution in [2.24, 2.45) is 5.92 Å². The average Bonchev–Trinajstić information content (AvgIpc) is 2.62. The van der Waals surface area contributed by atoms with Gasteiger partial charge in [0, 0.05) is 26.2 Å². The van der Waals surface area contributed by atoms with Gasteiger partial charge in [0.05, 0.1) is 12.0 Å². The van der Waals surface area contributed by atoms with Gasteiger partial charge < -0.3 is 19.5 Å². The van der Waals surface area contributed by atoms with Crippen molar-refractivity contribution in [1.29, 1.82) is 0 Å². The third-order valence-corrected chi connectivity index (χ3v) is 3.40. The molecule has 1 atom stereocenters. The quantitative estimate of drug-likeness (QED) is 0.629. The highest BCUT2D eigenvalue weighted by atomic mass is 16.5. The predicted molar refractivity (Wildman–Crippen MR) is 53.3 cm³/mol. The van der Waals surface area contributed by atoms with Gasteiger partial charge in [-0.05, 0) is 25.2 Å². The molecule has 2 rings (SSSR count). The van der Waals surface area contributed by atoms with Crippen molar-refractivity contribution >= 4 is 11.9 Å². The van der Waals surface area contributed by atoms with Crippen molar-refractivity contribution in [3.8, 4) is 0 Å². The molecule has 0 aromatic heterocycles.